The third kappa shape index (κ3) is 3.98. The Balaban J connectivity index is 1.86. The lowest BCUT2D eigenvalue weighted by atomic mass is 10.2. The lowest BCUT2D eigenvalue weighted by molar-refractivity contribution is -0.121. The Morgan fingerprint density at radius 3 is 2.64 bits per heavy atom. The van der Waals surface area contributed by atoms with E-state index in [9.17, 15) is 9.59 Å². The quantitative estimate of drug-likeness (QED) is 0.462. The maximum atomic E-state index is 12.4. The molecule has 1 aromatic heterocycles. The third-order valence-corrected chi connectivity index (χ3v) is 6.47. The highest BCUT2D eigenvalue weighted by Gasteiger charge is 2.30. The summed E-state index contributed by atoms with van der Waals surface area (Å²) in [4.78, 5) is 29.6. The van der Waals surface area contributed by atoms with Crippen molar-refractivity contribution in [1.82, 2.24) is 4.90 Å². The number of amides is 1. The molecule has 2 heterocycles. The van der Waals surface area contributed by atoms with E-state index in [2.05, 4.69) is 43.5 Å². The van der Waals surface area contributed by atoms with Crippen molar-refractivity contribution < 1.29 is 19.1 Å². The first-order valence-electron chi connectivity index (χ1n) is 6.89. The van der Waals surface area contributed by atoms with Crippen molar-refractivity contribution in [1.29, 1.82) is 0 Å². The number of amidine groups is 1. The maximum absolute atomic E-state index is 12.4. The number of hydrogen-bond donors (Lipinski definition) is 1. The molecule has 1 aromatic carbocycles. The van der Waals surface area contributed by atoms with E-state index < -0.39 is 5.97 Å². The van der Waals surface area contributed by atoms with Gasteiger partial charge in [-0.2, -0.15) is 0 Å². The zero-order valence-corrected chi connectivity index (χ0v) is 17.3. The molecule has 9 heteroatoms. The van der Waals surface area contributed by atoms with Gasteiger partial charge in [-0.05, 0) is 58.0 Å². The van der Waals surface area contributed by atoms with Crippen molar-refractivity contribution in [2.24, 2.45) is 4.99 Å². The van der Waals surface area contributed by atoms with Gasteiger partial charge in [-0.1, -0.05) is 0 Å². The maximum Gasteiger partial charge on any atom is 0.335 e. The Kier molecular flexibility index (Phi) is 5.35. The van der Waals surface area contributed by atoms with Crippen molar-refractivity contribution in [3.8, 4) is 0 Å². The van der Waals surface area contributed by atoms with Crippen LogP contribution in [-0.2, 0) is 4.79 Å². The number of halogens is 2. The molecule has 0 aliphatic carbocycles. The van der Waals surface area contributed by atoms with Gasteiger partial charge in [0.15, 0.2) is 8.93 Å². The molecule has 1 N–H and O–H groups in total. The summed E-state index contributed by atoms with van der Waals surface area (Å²) >= 11 is 6.66. The van der Waals surface area contributed by atoms with Gasteiger partial charge in [0.05, 0.1) is 20.6 Å². The number of thioether (sulfide) groups is 1. The van der Waals surface area contributed by atoms with Crippen molar-refractivity contribution >= 4 is 79.1 Å². The van der Waals surface area contributed by atoms with Gasteiger partial charge < -0.3 is 9.52 Å². The largest absolute Gasteiger partial charge is 0.478 e. The van der Waals surface area contributed by atoms with E-state index in [1.165, 1.54) is 28.8 Å². The lowest BCUT2D eigenvalue weighted by Crippen LogP contribution is -2.23. The second-order valence-electron chi connectivity index (χ2n) is 4.99. The Morgan fingerprint density at radius 1 is 1.40 bits per heavy atom. The average Bonchev–Trinajstić information content (AvgIpc) is 3.02. The van der Waals surface area contributed by atoms with Gasteiger partial charge in [-0.3, -0.25) is 9.69 Å². The van der Waals surface area contributed by atoms with Gasteiger partial charge in [-0.25, -0.2) is 9.79 Å². The molecule has 1 saturated heterocycles. The molecule has 3 rings (SSSR count). The van der Waals surface area contributed by atoms with Crippen LogP contribution in [0, 0.1) is 3.77 Å². The van der Waals surface area contributed by atoms with Crippen LogP contribution in [0.3, 0.4) is 0 Å². The summed E-state index contributed by atoms with van der Waals surface area (Å²) in [7, 11) is 1.64. The van der Waals surface area contributed by atoms with E-state index in [0.717, 1.165) is 4.47 Å². The molecular weight excluding hydrogens is 523 g/mol. The average molecular weight is 533 g/mol. The monoisotopic (exact) mass is 532 g/mol. The number of likely N-dealkylation sites (N-methyl/N-ethyl adjacent to an activating group) is 1. The number of carboxylic acids is 1. The van der Waals surface area contributed by atoms with Crippen molar-refractivity contribution in [3.05, 3.63) is 54.8 Å². The van der Waals surface area contributed by atoms with Crippen LogP contribution in [0.2, 0.25) is 0 Å². The smallest absolute Gasteiger partial charge is 0.335 e. The van der Waals surface area contributed by atoms with Crippen LogP contribution in [0.5, 0.6) is 0 Å². The normalized spacial score (nSPS) is 17.7. The highest BCUT2D eigenvalue weighted by Crippen LogP contribution is 2.34. The second-order valence-corrected chi connectivity index (χ2v) is 7.83. The van der Waals surface area contributed by atoms with Gasteiger partial charge in [0.1, 0.15) is 5.76 Å². The first-order valence-corrected chi connectivity index (χ1v) is 9.58. The number of hydrogen-bond acceptors (Lipinski definition) is 5. The summed E-state index contributed by atoms with van der Waals surface area (Å²) in [5.41, 5.74) is 0.759. The second kappa shape index (κ2) is 7.34. The van der Waals surface area contributed by atoms with Crippen LogP contribution in [0.25, 0.3) is 6.08 Å². The van der Waals surface area contributed by atoms with E-state index in [1.807, 2.05) is 0 Å². The summed E-state index contributed by atoms with van der Waals surface area (Å²) in [6.45, 7) is 0. The number of carboxylic acid groups (broad SMARTS) is 1. The fourth-order valence-corrected chi connectivity index (χ4v) is 3.69. The van der Waals surface area contributed by atoms with Gasteiger partial charge in [0.25, 0.3) is 5.91 Å². The number of furan rings is 1. The van der Waals surface area contributed by atoms with Crippen molar-refractivity contribution in [3.63, 3.8) is 0 Å². The minimum absolute atomic E-state index is 0.173. The van der Waals surface area contributed by atoms with Crippen molar-refractivity contribution in [2.75, 3.05) is 7.05 Å². The van der Waals surface area contributed by atoms with E-state index in [1.54, 1.807) is 31.3 Å². The number of benzene rings is 1. The number of carbonyl (C=O) groups is 2. The molecule has 0 atom stereocenters. The lowest BCUT2D eigenvalue weighted by Gasteiger charge is -2.07. The third-order valence-electron chi connectivity index (χ3n) is 3.28. The number of aliphatic imine (C=N–C) groups is 1. The SMILES string of the molecule is CN1C(=O)/C(=C/c2cc(Br)c(I)o2)SC1=Nc1ccc(C(=O)O)cc1. The Labute approximate surface area is 169 Å². The van der Waals surface area contributed by atoms with Gasteiger partial charge >= 0.3 is 5.97 Å². The first kappa shape index (κ1) is 18.2. The summed E-state index contributed by atoms with van der Waals surface area (Å²) in [6.07, 6.45) is 1.67. The van der Waals surface area contributed by atoms with Crippen LogP contribution in [-0.4, -0.2) is 34.1 Å². The molecule has 2 aromatic rings. The number of aromatic carboxylic acids is 1. The van der Waals surface area contributed by atoms with Crippen LogP contribution in [0.4, 0.5) is 5.69 Å². The molecule has 6 nitrogen and oxygen atoms in total. The number of carbonyl (C=O) groups excluding carboxylic acids is 1. The zero-order valence-electron chi connectivity index (χ0n) is 12.7. The summed E-state index contributed by atoms with van der Waals surface area (Å²) in [5.74, 6) is -0.591. The fourth-order valence-electron chi connectivity index (χ4n) is 2.00. The molecule has 1 amide bonds. The predicted octanol–water partition coefficient (Wildman–Crippen LogP) is 4.58. The minimum Gasteiger partial charge on any atom is -0.478 e. The Hall–Kier alpha value is -1.59. The topological polar surface area (TPSA) is 83.1 Å². The number of nitrogens with zero attached hydrogens (tertiary/aromatic N) is 2. The molecule has 25 heavy (non-hydrogen) atoms. The van der Waals surface area contributed by atoms with E-state index in [-0.39, 0.29) is 11.5 Å². The first-order chi connectivity index (χ1) is 11.8. The van der Waals surface area contributed by atoms with Crippen LogP contribution in [0.15, 0.2) is 49.1 Å². The minimum atomic E-state index is -0.994. The summed E-state index contributed by atoms with van der Waals surface area (Å²) in [5, 5.41) is 9.43. The molecule has 1 aliphatic heterocycles. The van der Waals surface area contributed by atoms with Crippen molar-refractivity contribution in [2.45, 2.75) is 0 Å². The van der Waals surface area contributed by atoms with Gasteiger partial charge in [-0.15, -0.1) is 0 Å². The molecule has 0 unspecified atom stereocenters. The molecule has 1 fully saturated rings. The number of rotatable bonds is 3. The fraction of sp³-hybridized carbons (Fsp3) is 0.0625. The molecule has 0 spiro atoms. The molecule has 0 saturated carbocycles. The molecule has 0 bridgehead atoms. The zero-order chi connectivity index (χ0) is 18.1. The Morgan fingerprint density at radius 2 is 2.08 bits per heavy atom. The van der Waals surface area contributed by atoms with Gasteiger partial charge in [0, 0.05) is 35.7 Å². The van der Waals surface area contributed by atoms with Crippen LogP contribution >= 0.6 is 50.3 Å². The van der Waals surface area contributed by atoms with Gasteiger partial charge in [0.2, 0.25) is 0 Å². The predicted molar refractivity (Wildman–Crippen MR) is 108 cm³/mol. The Bertz CT molecular complexity index is 901. The standard InChI is InChI=1S/C16H10BrIN2O4S/c1-20-14(21)12(7-10-6-11(17)13(18)24-10)25-16(20)19-9-4-2-8(3-5-9)15(22)23/h2-7H,1H3,(H,22,23)/b12-7-,19-16?. The molecular formula is C16H10BrIN2O4S. The molecule has 0 radical (unpaired) electrons. The van der Waals surface area contributed by atoms with E-state index in [0.29, 0.717) is 25.3 Å². The molecule has 128 valence electrons. The van der Waals surface area contributed by atoms with Crippen LogP contribution in [0.1, 0.15) is 16.1 Å². The summed E-state index contributed by atoms with van der Waals surface area (Å²) in [6, 6.07) is 7.94. The highest BCUT2D eigenvalue weighted by molar-refractivity contribution is 14.1. The van der Waals surface area contributed by atoms with Crippen LogP contribution < -0.4 is 0 Å². The van der Waals surface area contributed by atoms with E-state index in [4.69, 9.17) is 9.52 Å². The van der Waals surface area contributed by atoms with E-state index >= 15 is 0 Å². The molecule has 1 aliphatic rings. The summed E-state index contributed by atoms with van der Waals surface area (Å²) < 4.78 is 7.07. The highest BCUT2D eigenvalue weighted by atomic mass is 127.